The van der Waals surface area contributed by atoms with Gasteiger partial charge in [0.25, 0.3) is 0 Å². The van der Waals surface area contributed by atoms with Crippen molar-refractivity contribution in [3.05, 3.63) is 58.7 Å². The summed E-state index contributed by atoms with van der Waals surface area (Å²) in [6, 6.07) is 11.9. The average Bonchev–Trinajstić information content (AvgIpc) is 2.40. The molecular weight excluding hydrogens is 260 g/mol. The highest BCUT2D eigenvalue weighted by atomic mass is 16.5. The van der Waals surface area contributed by atoms with Crippen molar-refractivity contribution in [1.29, 1.82) is 5.41 Å². The van der Waals surface area contributed by atoms with Crippen LogP contribution in [0, 0.1) is 19.3 Å². The zero-order valence-electron chi connectivity index (χ0n) is 13.0. The largest absolute Gasteiger partial charge is 0.456 e. The third-order valence-electron chi connectivity index (χ3n) is 3.44. The molecule has 0 amide bonds. The first kappa shape index (κ1) is 15.1. The van der Waals surface area contributed by atoms with Crippen LogP contribution in [0.3, 0.4) is 0 Å². The normalized spacial score (nSPS) is 10.7. The molecule has 2 rings (SSSR count). The molecule has 3 N–H and O–H groups in total. The molecule has 0 aliphatic carbocycles. The maximum atomic E-state index is 7.72. The Balaban J connectivity index is 2.47. The summed E-state index contributed by atoms with van der Waals surface area (Å²) in [6.45, 7) is 8.29. The van der Waals surface area contributed by atoms with E-state index in [0.29, 0.717) is 17.2 Å². The smallest absolute Gasteiger partial charge is 0.138 e. The number of hydrogen-bond donors (Lipinski definition) is 2. The molecule has 0 saturated carbocycles. The SMILES string of the molecule is Cc1ccc(C(C)C)c(Oc2ccc(C)cc2C(=N)N)c1. The minimum Gasteiger partial charge on any atom is -0.456 e. The molecule has 0 unspecified atom stereocenters. The van der Waals surface area contributed by atoms with Crippen LogP contribution in [0.4, 0.5) is 0 Å². The summed E-state index contributed by atoms with van der Waals surface area (Å²) in [5.41, 5.74) is 9.65. The van der Waals surface area contributed by atoms with Crippen LogP contribution in [0.25, 0.3) is 0 Å². The molecule has 0 saturated heterocycles. The fraction of sp³-hybridized carbons (Fsp3) is 0.278. The van der Waals surface area contributed by atoms with Crippen LogP contribution in [-0.4, -0.2) is 5.84 Å². The molecule has 0 spiro atoms. The lowest BCUT2D eigenvalue weighted by Crippen LogP contribution is -2.12. The van der Waals surface area contributed by atoms with Crippen molar-refractivity contribution in [1.82, 2.24) is 0 Å². The molecule has 21 heavy (non-hydrogen) atoms. The molecule has 0 fully saturated rings. The van der Waals surface area contributed by atoms with Gasteiger partial charge in [-0.3, -0.25) is 5.41 Å². The standard InChI is InChI=1S/C18H22N2O/c1-11(2)14-7-5-13(4)10-17(14)21-16-8-6-12(3)9-15(16)18(19)20/h5-11H,1-4H3,(H3,19,20). The summed E-state index contributed by atoms with van der Waals surface area (Å²) >= 11 is 0. The maximum Gasteiger partial charge on any atom is 0.138 e. The van der Waals surface area contributed by atoms with Crippen LogP contribution in [0.2, 0.25) is 0 Å². The Morgan fingerprint density at radius 3 is 2.24 bits per heavy atom. The molecule has 3 nitrogen and oxygen atoms in total. The molecule has 2 aromatic rings. The summed E-state index contributed by atoms with van der Waals surface area (Å²) in [7, 11) is 0. The molecule has 0 aromatic heterocycles. The van der Waals surface area contributed by atoms with Crippen LogP contribution in [0.5, 0.6) is 11.5 Å². The van der Waals surface area contributed by atoms with Gasteiger partial charge in [-0.1, -0.05) is 37.6 Å². The van der Waals surface area contributed by atoms with Gasteiger partial charge in [0.15, 0.2) is 0 Å². The first-order chi connectivity index (χ1) is 9.88. The summed E-state index contributed by atoms with van der Waals surface area (Å²) < 4.78 is 6.08. The third kappa shape index (κ3) is 3.43. The van der Waals surface area contributed by atoms with Crippen molar-refractivity contribution in [2.75, 3.05) is 0 Å². The molecule has 0 heterocycles. The van der Waals surface area contributed by atoms with E-state index in [1.54, 1.807) is 0 Å². The summed E-state index contributed by atoms with van der Waals surface area (Å²) in [5.74, 6) is 1.84. The first-order valence-electron chi connectivity index (χ1n) is 7.12. The van der Waals surface area contributed by atoms with Gasteiger partial charge in [-0.25, -0.2) is 0 Å². The Labute approximate surface area is 126 Å². The minimum atomic E-state index is 0.0208. The second-order valence-corrected chi connectivity index (χ2v) is 5.71. The van der Waals surface area contributed by atoms with E-state index in [2.05, 4.69) is 26.0 Å². The molecule has 2 aromatic carbocycles. The number of nitrogens with one attached hydrogen (secondary N) is 1. The average molecular weight is 282 g/mol. The number of aryl methyl sites for hydroxylation is 2. The number of nitrogen functional groups attached to an aromatic ring is 1. The lowest BCUT2D eigenvalue weighted by atomic mass is 10.0. The van der Waals surface area contributed by atoms with Crippen molar-refractivity contribution in [2.24, 2.45) is 5.73 Å². The van der Waals surface area contributed by atoms with Gasteiger partial charge in [0.1, 0.15) is 17.3 Å². The zero-order chi connectivity index (χ0) is 15.6. The third-order valence-corrected chi connectivity index (χ3v) is 3.44. The number of hydrogen-bond acceptors (Lipinski definition) is 2. The second kappa shape index (κ2) is 6.00. The van der Waals surface area contributed by atoms with Crippen LogP contribution >= 0.6 is 0 Å². The van der Waals surface area contributed by atoms with Crippen LogP contribution < -0.4 is 10.5 Å². The van der Waals surface area contributed by atoms with Gasteiger partial charge >= 0.3 is 0 Å². The van der Waals surface area contributed by atoms with E-state index < -0.39 is 0 Å². The van der Waals surface area contributed by atoms with Gasteiger partial charge in [-0.15, -0.1) is 0 Å². The van der Waals surface area contributed by atoms with Crippen LogP contribution in [-0.2, 0) is 0 Å². The number of nitrogens with two attached hydrogens (primary N) is 1. The Kier molecular flexibility index (Phi) is 4.32. The highest BCUT2D eigenvalue weighted by molar-refractivity contribution is 5.97. The highest BCUT2D eigenvalue weighted by Gasteiger charge is 2.13. The zero-order valence-corrected chi connectivity index (χ0v) is 13.0. The highest BCUT2D eigenvalue weighted by Crippen LogP contribution is 2.33. The van der Waals surface area contributed by atoms with Gasteiger partial charge in [0.05, 0.1) is 5.56 Å². The van der Waals surface area contributed by atoms with E-state index >= 15 is 0 Å². The van der Waals surface area contributed by atoms with Gasteiger partial charge < -0.3 is 10.5 Å². The molecule has 0 radical (unpaired) electrons. The lowest BCUT2D eigenvalue weighted by molar-refractivity contribution is 0.471. The minimum absolute atomic E-state index is 0.0208. The molecular formula is C18H22N2O. The van der Waals surface area contributed by atoms with Crippen molar-refractivity contribution >= 4 is 5.84 Å². The number of rotatable bonds is 4. The molecule has 3 heteroatoms. The molecule has 0 aliphatic heterocycles. The van der Waals surface area contributed by atoms with E-state index in [1.165, 1.54) is 0 Å². The fourth-order valence-electron chi connectivity index (χ4n) is 2.27. The van der Waals surface area contributed by atoms with E-state index in [0.717, 1.165) is 22.4 Å². The van der Waals surface area contributed by atoms with E-state index in [1.807, 2.05) is 38.1 Å². The summed E-state index contributed by atoms with van der Waals surface area (Å²) in [5, 5.41) is 7.72. The Bertz CT molecular complexity index is 675. The first-order valence-corrected chi connectivity index (χ1v) is 7.12. The summed E-state index contributed by atoms with van der Waals surface area (Å²) in [4.78, 5) is 0. The number of ether oxygens (including phenoxy) is 1. The Hall–Kier alpha value is -2.29. The molecule has 0 aliphatic rings. The Morgan fingerprint density at radius 2 is 1.62 bits per heavy atom. The van der Waals surface area contributed by atoms with Crippen LogP contribution in [0.1, 0.15) is 42.0 Å². The predicted molar refractivity (Wildman–Crippen MR) is 87.5 cm³/mol. The number of benzene rings is 2. The quantitative estimate of drug-likeness (QED) is 0.640. The monoisotopic (exact) mass is 282 g/mol. The number of amidine groups is 1. The summed E-state index contributed by atoms with van der Waals surface area (Å²) in [6.07, 6.45) is 0. The molecule has 110 valence electrons. The van der Waals surface area contributed by atoms with Gasteiger partial charge in [-0.05, 0) is 49.1 Å². The van der Waals surface area contributed by atoms with Gasteiger partial charge in [-0.2, -0.15) is 0 Å². The van der Waals surface area contributed by atoms with E-state index in [9.17, 15) is 0 Å². The van der Waals surface area contributed by atoms with Gasteiger partial charge in [0.2, 0.25) is 0 Å². The second-order valence-electron chi connectivity index (χ2n) is 5.71. The van der Waals surface area contributed by atoms with Crippen molar-refractivity contribution in [3.63, 3.8) is 0 Å². The molecule has 0 bridgehead atoms. The maximum absolute atomic E-state index is 7.72. The van der Waals surface area contributed by atoms with E-state index in [-0.39, 0.29) is 5.84 Å². The predicted octanol–water partition coefficient (Wildman–Crippen LogP) is 4.50. The van der Waals surface area contributed by atoms with Gasteiger partial charge in [0, 0.05) is 0 Å². The molecule has 0 atom stereocenters. The van der Waals surface area contributed by atoms with Crippen molar-refractivity contribution in [2.45, 2.75) is 33.6 Å². The van der Waals surface area contributed by atoms with E-state index in [4.69, 9.17) is 15.9 Å². The van der Waals surface area contributed by atoms with Crippen molar-refractivity contribution in [3.8, 4) is 11.5 Å². The van der Waals surface area contributed by atoms with Crippen molar-refractivity contribution < 1.29 is 4.74 Å². The topological polar surface area (TPSA) is 59.1 Å². The Morgan fingerprint density at radius 1 is 1.00 bits per heavy atom. The fourth-order valence-corrected chi connectivity index (χ4v) is 2.27. The van der Waals surface area contributed by atoms with Crippen LogP contribution in [0.15, 0.2) is 36.4 Å². The lowest BCUT2D eigenvalue weighted by Gasteiger charge is -2.16.